The summed E-state index contributed by atoms with van der Waals surface area (Å²) in [5.74, 6) is 2.71. The standard InChI is InChI=1S/C46H47N3O2.Pt/c1-27-19-29(3)41-30(20-27)24-39-42(46(41,9)10)48-43(51-39)31-21-28(2)22-34(23-31)50-33-15-16-36-38(26-33)49(37-14-12-11-13-35(37)45(36,7)8)40-25-32(17-18-47-40)44(4,5)6;/h11-22,25,39,42H,24H2,1-10H3;/q-2;+2/t39-,42+;/m0./s1. The number of aromatic nitrogens is 1. The summed E-state index contributed by atoms with van der Waals surface area (Å²) in [6, 6.07) is 33.0. The van der Waals surface area contributed by atoms with Crippen LogP contribution in [0.1, 0.15) is 98.5 Å². The van der Waals surface area contributed by atoms with Crippen molar-refractivity contribution in [2.24, 2.45) is 4.99 Å². The number of rotatable bonds is 4. The van der Waals surface area contributed by atoms with Crippen LogP contribution in [-0.2, 0) is 48.5 Å². The van der Waals surface area contributed by atoms with Crippen molar-refractivity contribution in [2.75, 3.05) is 4.90 Å². The molecular formula is C46H47N3O2Pt. The molecule has 6 heteroatoms. The summed E-state index contributed by atoms with van der Waals surface area (Å²) >= 11 is 0. The van der Waals surface area contributed by atoms with E-state index in [9.17, 15) is 0 Å². The Morgan fingerprint density at radius 2 is 1.60 bits per heavy atom. The fourth-order valence-electron chi connectivity index (χ4n) is 8.74. The predicted molar refractivity (Wildman–Crippen MR) is 207 cm³/mol. The molecule has 0 bridgehead atoms. The van der Waals surface area contributed by atoms with E-state index in [-0.39, 0.29) is 49.5 Å². The second-order valence-electron chi connectivity index (χ2n) is 16.8. The van der Waals surface area contributed by atoms with Gasteiger partial charge >= 0.3 is 21.1 Å². The Labute approximate surface area is 323 Å². The van der Waals surface area contributed by atoms with Crippen molar-refractivity contribution >= 4 is 23.1 Å². The van der Waals surface area contributed by atoms with Crippen LogP contribution in [0.3, 0.4) is 0 Å². The Morgan fingerprint density at radius 3 is 2.37 bits per heavy atom. The summed E-state index contributed by atoms with van der Waals surface area (Å²) in [5.41, 5.74) is 12.5. The molecule has 0 amide bonds. The second kappa shape index (κ2) is 12.7. The zero-order valence-electron chi connectivity index (χ0n) is 31.8. The Balaban J connectivity index is 0.00000420. The van der Waals surface area contributed by atoms with Gasteiger partial charge in [0.05, 0.1) is 6.04 Å². The first-order chi connectivity index (χ1) is 24.1. The summed E-state index contributed by atoms with van der Waals surface area (Å²) in [5, 5.41) is 0. The van der Waals surface area contributed by atoms with Gasteiger partial charge in [-0.15, -0.1) is 29.3 Å². The number of para-hydroxylation sites is 1. The van der Waals surface area contributed by atoms with Gasteiger partial charge in [-0.3, -0.25) is 4.99 Å². The number of hydrogen-bond donors (Lipinski definition) is 0. The minimum atomic E-state index is -0.249. The van der Waals surface area contributed by atoms with Crippen molar-refractivity contribution in [2.45, 2.75) is 104 Å². The Hall–Kier alpha value is -4.21. The number of fused-ring (bicyclic) bond motifs is 4. The molecule has 0 radical (unpaired) electrons. The molecule has 0 spiro atoms. The van der Waals surface area contributed by atoms with Crippen molar-refractivity contribution in [1.82, 2.24) is 4.98 Å². The molecule has 268 valence electrons. The molecule has 5 nitrogen and oxygen atoms in total. The predicted octanol–water partition coefficient (Wildman–Crippen LogP) is 10.9. The first kappa shape index (κ1) is 36.2. The van der Waals surface area contributed by atoms with Gasteiger partial charge in [-0.2, -0.15) is 6.07 Å². The van der Waals surface area contributed by atoms with Crippen molar-refractivity contribution in [1.29, 1.82) is 0 Å². The third-order valence-corrected chi connectivity index (χ3v) is 11.1. The SMILES string of the molecule is Cc1cc(Oc2[c-]c3c(cc2)C(C)(C)c2ccccc2N3c2cc(C(C)(C)C)ccn2)[c-]c(C2=N[C@@H]3[C@H](Cc4cc(C)cc(C)c4C3(C)C)O2)c1.[Pt+2]. The van der Waals surface area contributed by atoms with Crippen molar-refractivity contribution in [3.05, 3.63) is 141 Å². The minimum absolute atomic E-state index is 0. The Bertz CT molecular complexity index is 2250. The van der Waals surface area contributed by atoms with Crippen molar-refractivity contribution < 1.29 is 30.5 Å². The molecule has 2 atom stereocenters. The normalized spacial score (nSPS) is 19.3. The molecule has 0 unspecified atom stereocenters. The maximum absolute atomic E-state index is 6.65. The van der Waals surface area contributed by atoms with Gasteiger partial charge in [0, 0.05) is 35.2 Å². The van der Waals surface area contributed by atoms with Gasteiger partial charge in [-0.05, 0) is 70.7 Å². The summed E-state index contributed by atoms with van der Waals surface area (Å²) in [4.78, 5) is 12.4. The molecule has 3 aliphatic rings. The molecular weight excluding hydrogens is 822 g/mol. The third kappa shape index (κ3) is 5.99. The minimum Gasteiger partial charge on any atom is -0.514 e. The van der Waals surface area contributed by atoms with Crippen LogP contribution in [0.15, 0.2) is 84.0 Å². The summed E-state index contributed by atoms with van der Waals surface area (Å²) in [7, 11) is 0. The van der Waals surface area contributed by atoms with E-state index in [1.807, 2.05) is 18.3 Å². The van der Waals surface area contributed by atoms with Gasteiger partial charge in [0.1, 0.15) is 17.8 Å². The van der Waals surface area contributed by atoms with Crippen LogP contribution in [0, 0.1) is 32.9 Å². The first-order valence-electron chi connectivity index (χ1n) is 18.1. The van der Waals surface area contributed by atoms with Gasteiger partial charge in [-0.1, -0.05) is 115 Å². The van der Waals surface area contributed by atoms with Crippen LogP contribution >= 0.6 is 0 Å². The fourth-order valence-corrected chi connectivity index (χ4v) is 8.74. The number of aryl methyl sites for hydroxylation is 3. The summed E-state index contributed by atoms with van der Waals surface area (Å²) in [6.07, 6.45) is 2.74. The molecule has 1 aromatic heterocycles. The molecule has 1 aliphatic carbocycles. The van der Waals surface area contributed by atoms with Crippen LogP contribution in [0.5, 0.6) is 11.5 Å². The van der Waals surface area contributed by atoms with Crippen molar-refractivity contribution in [3.63, 3.8) is 0 Å². The van der Waals surface area contributed by atoms with Gasteiger partial charge < -0.3 is 14.4 Å². The van der Waals surface area contributed by atoms with Crippen LogP contribution in [-0.4, -0.2) is 23.0 Å². The molecule has 4 aromatic carbocycles. The van der Waals surface area contributed by atoms with Crippen LogP contribution < -0.4 is 9.64 Å². The maximum atomic E-state index is 6.65. The fraction of sp³-hybridized carbons (Fsp3) is 0.348. The molecule has 2 aliphatic heterocycles. The molecule has 0 N–H and O–H groups in total. The number of benzene rings is 4. The van der Waals surface area contributed by atoms with Crippen LogP contribution in [0.25, 0.3) is 0 Å². The van der Waals surface area contributed by atoms with E-state index in [4.69, 9.17) is 19.5 Å². The molecule has 0 saturated heterocycles. The van der Waals surface area contributed by atoms with Crippen LogP contribution in [0.4, 0.5) is 17.2 Å². The zero-order chi connectivity index (χ0) is 36.0. The van der Waals surface area contributed by atoms with Crippen LogP contribution in [0.2, 0.25) is 0 Å². The quantitative estimate of drug-likeness (QED) is 0.169. The molecule has 8 rings (SSSR count). The number of aliphatic imine (C=N–C) groups is 1. The average Bonchev–Trinajstić information content (AvgIpc) is 3.49. The molecule has 0 saturated carbocycles. The van der Waals surface area contributed by atoms with E-state index in [0.717, 1.165) is 40.3 Å². The van der Waals surface area contributed by atoms with Gasteiger partial charge in [-0.25, -0.2) is 4.98 Å². The Morgan fingerprint density at radius 1 is 0.846 bits per heavy atom. The second-order valence-corrected chi connectivity index (χ2v) is 16.8. The first-order valence-corrected chi connectivity index (χ1v) is 18.1. The van der Waals surface area contributed by atoms with Crippen molar-refractivity contribution in [3.8, 4) is 11.5 Å². The smallest absolute Gasteiger partial charge is 0.514 e. The topological polar surface area (TPSA) is 47.0 Å². The van der Waals surface area contributed by atoms with E-state index in [1.165, 1.54) is 33.4 Å². The molecule has 5 aromatic rings. The summed E-state index contributed by atoms with van der Waals surface area (Å²) < 4.78 is 13.3. The number of pyridine rings is 1. The van der Waals surface area contributed by atoms with E-state index in [0.29, 0.717) is 17.4 Å². The van der Waals surface area contributed by atoms with E-state index >= 15 is 0 Å². The average molecular weight is 869 g/mol. The number of hydrogen-bond acceptors (Lipinski definition) is 5. The summed E-state index contributed by atoms with van der Waals surface area (Å²) in [6.45, 7) is 22.3. The molecule has 52 heavy (non-hydrogen) atoms. The van der Waals surface area contributed by atoms with Gasteiger partial charge in [0.15, 0.2) is 0 Å². The zero-order valence-corrected chi connectivity index (χ0v) is 34.1. The number of anilines is 3. The van der Waals surface area contributed by atoms with E-state index in [1.54, 1.807) is 0 Å². The van der Waals surface area contributed by atoms with Gasteiger partial charge in [0.2, 0.25) is 0 Å². The van der Waals surface area contributed by atoms with E-state index < -0.39 is 0 Å². The maximum Gasteiger partial charge on any atom is 2.00 e. The molecule has 3 heterocycles. The van der Waals surface area contributed by atoms with E-state index in [2.05, 4.69) is 147 Å². The number of ether oxygens (including phenoxy) is 2. The van der Waals surface area contributed by atoms with Gasteiger partial charge in [0.25, 0.3) is 0 Å². The monoisotopic (exact) mass is 868 g/mol. The molecule has 0 fully saturated rings. The third-order valence-electron chi connectivity index (χ3n) is 11.1. The largest absolute Gasteiger partial charge is 2.00 e. The Kier molecular flexibility index (Phi) is 8.85. The number of nitrogens with zero attached hydrogens (tertiary/aromatic N) is 3.